The van der Waals surface area contributed by atoms with Crippen molar-refractivity contribution >= 4 is 11.9 Å². The van der Waals surface area contributed by atoms with E-state index < -0.39 is 28.8 Å². The van der Waals surface area contributed by atoms with E-state index in [1.165, 1.54) is 0 Å². The number of hydrogen-bond donors (Lipinski definition) is 5. The molecule has 0 fully saturated rings. The molecule has 1 atom stereocenters. The lowest BCUT2D eigenvalue weighted by molar-refractivity contribution is -0.493. The molecule has 0 aromatic heterocycles. The first-order valence-corrected chi connectivity index (χ1v) is 7.02. The molecular formula is C11H23N3O10. The first-order valence-electron chi connectivity index (χ1n) is 7.02. The number of rotatable bonds is 14. The van der Waals surface area contributed by atoms with E-state index in [-0.39, 0.29) is 52.1 Å². The van der Waals surface area contributed by atoms with E-state index in [2.05, 4.69) is 9.68 Å². The Morgan fingerprint density at radius 3 is 1.88 bits per heavy atom. The predicted octanol–water partition coefficient (Wildman–Crippen LogP) is -1.02. The SMILES string of the molecule is NC(CCC(=O)OCCCON(O)O)C(=O)OCCCON(O)O. The van der Waals surface area contributed by atoms with Crippen LogP contribution in [-0.4, -0.2) is 76.0 Å². The monoisotopic (exact) mass is 357 g/mol. The first kappa shape index (κ1) is 22.6. The molecule has 0 aliphatic carbocycles. The van der Waals surface area contributed by atoms with Crippen molar-refractivity contribution in [1.82, 2.24) is 10.8 Å². The van der Waals surface area contributed by atoms with Gasteiger partial charge in [-0.1, -0.05) is 0 Å². The number of carbonyl (C=O) groups is 2. The molecule has 1 unspecified atom stereocenters. The van der Waals surface area contributed by atoms with Gasteiger partial charge in [0.1, 0.15) is 6.04 Å². The third-order valence-corrected chi connectivity index (χ3v) is 2.46. The molecule has 0 aliphatic rings. The summed E-state index contributed by atoms with van der Waals surface area (Å²) in [5.41, 5.74) is 5.56. The molecule has 0 aromatic rings. The zero-order valence-corrected chi connectivity index (χ0v) is 12.9. The molecule has 142 valence electrons. The van der Waals surface area contributed by atoms with E-state index in [1.54, 1.807) is 0 Å². The molecule has 13 nitrogen and oxygen atoms in total. The fourth-order valence-corrected chi connectivity index (χ4v) is 1.34. The van der Waals surface area contributed by atoms with Crippen molar-refractivity contribution in [2.45, 2.75) is 31.7 Å². The van der Waals surface area contributed by atoms with E-state index in [4.69, 9.17) is 36.0 Å². The highest BCUT2D eigenvalue weighted by Crippen LogP contribution is 2.01. The van der Waals surface area contributed by atoms with Crippen LogP contribution in [0.1, 0.15) is 25.7 Å². The molecule has 0 aromatic carbocycles. The van der Waals surface area contributed by atoms with Crippen molar-refractivity contribution in [2.24, 2.45) is 5.73 Å². The van der Waals surface area contributed by atoms with Crippen LogP contribution in [0.5, 0.6) is 0 Å². The van der Waals surface area contributed by atoms with Crippen LogP contribution in [0.2, 0.25) is 0 Å². The molecule has 0 saturated carbocycles. The number of esters is 2. The summed E-state index contributed by atoms with van der Waals surface area (Å²) in [7, 11) is 0. The summed E-state index contributed by atoms with van der Waals surface area (Å²) < 4.78 is 9.62. The summed E-state index contributed by atoms with van der Waals surface area (Å²) in [5.74, 6) is -1.27. The minimum absolute atomic E-state index is 0.0130. The summed E-state index contributed by atoms with van der Waals surface area (Å²) in [6, 6.07) is -0.994. The highest BCUT2D eigenvalue weighted by molar-refractivity contribution is 5.77. The Morgan fingerprint density at radius 2 is 1.38 bits per heavy atom. The maximum atomic E-state index is 11.5. The third-order valence-electron chi connectivity index (χ3n) is 2.46. The van der Waals surface area contributed by atoms with Crippen LogP contribution in [0.4, 0.5) is 0 Å². The Labute approximate surface area is 137 Å². The molecule has 6 N–H and O–H groups in total. The summed E-state index contributed by atoms with van der Waals surface area (Å²) in [4.78, 5) is 31.4. The average Bonchev–Trinajstić information content (AvgIpc) is 2.51. The Morgan fingerprint density at radius 1 is 0.875 bits per heavy atom. The molecule has 0 amide bonds. The minimum atomic E-state index is -0.994. The van der Waals surface area contributed by atoms with Gasteiger partial charge in [0.25, 0.3) is 0 Å². The average molecular weight is 357 g/mol. The standard InChI is InChI=1S/C11H23N3O10/c12-9(11(16)22-6-2-8-24-14(19)20)3-4-10(15)21-5-1-7-23-13(17)18/h9,17-20H,1-8,12H2. The number of ether oxygens (including phenoxy) is 2. The lowest BCUT2D eigenvalue weighted by Gasteiger charge is -2.12. The maximum absolute atomic E-state index is 11.5. The van der Waals surface area contributed by atoms with Gasteiger partial charge in [-0.05, 0) is 6.42 Å². The van der Waals surface area contributed by atoms with Gasteiger partial charge in [0.05, 0.1) is 37.2 Å². The van der Waals surface area contributed by atoms with Gasteiger partial charge < -0.3 is 15.2 Å². The van der Waals surface area contributed by atoms with Crippen molar-refractivity contribution in [1.29, 1.82) is 0 Å². The van der Waals surface area contributed by atoms with Gasteiger partial charge in [0, 0.05) is 19.3 Å². The Bertz CT molecular complexity index is 355. The molecule has 0 bridgehead atoms. The number of hydrogen-bond acceptors (Lipinski definition) is 13. The van der Waals surface area contributed by atoms with Crippen LogP contribution in [0.15, 0.2) is 0 Å². The van der Waals surface area contributed by atoms with Gasteiger partial charge in [-0.25, -0.2) is 0 Å². The predicted molar refractivity (Wildman–Crippen MR) is 71.1 cm³/mol. The van der Waals surface area contributed by atoms with Gasteiger partial charge in [0.15, 0.2) is 0 Å². The Kier molecular flexibility index (Phi) is 13.1. The molecular weight excluding hydrogens is 334 g/mol. The van der Waals surface area contributed by atoms with Crippen LogP contribution in [-0.2, 0) is 28.7 Å². The second kappa shape index (κ2) is 14.0. The van der Waals surface area contributed by atoms with E-state index in [1.807, 2.05) is 0 Å². The second-order valence-electron chi connectivity index (χ2n) is 4.41. The first-order chi connectivity index (χ1) is 11.3. The maximum Gasteiger partial charge on any atom is 0.322 e. The molecule has 13 heteroatoms. The quantitative estimate of drug-likeness (QED) is 0.145. The van der Waals surface area contributed by atoms with Gasteiger partial charge in [-0.2, -0.15) is 0 Å². The number of nitrogens with zero attached hydrogens (tertiary/aromatic N) is 2. The highest BCUT2D eigenvalue weighted by Gasteiger charge is 2.17. The zero-order chi connectivity index (χ0) is 18.4. The fraction of sp³-hybridized carbons (Fsp3) is 0.818. The number of nitrogens with two attached hydrogens (primary N) is 1. The van der Waals surface area contributed by atoms with Crippen molar-refractivity contribution < 1.29 is 49.6 Å². The fourth-order valence-electron chi connectivity index (χ4n) is 1.34. The third kappa shape index (κ3) is 14.2. The van der Waals surface area contributed by atoms with Gasteiger partial charge >= 0.3 is 11.9 Å². The summed E-state index contributed by atoms with van der Waals surface area (Å²) in [6.45, 7) is -0.146. The highest BCUT2D eigenvalue weighted by atomic mass is 17.1. The van der Waals surface area contributed by atoms with Gasteiger partial charge in [-0.3, -0.25) is 40.1 Å². The van der Waals surface area contributed by atoms with E-state index in [0.717, 1.165) is 0 Å². The summed E-state index contributed by atoms with van der Waals surface area (Å²) in [5, 5.41) is 32.1. The smallest absolute Gasteiger partial charge is 0.322 e. The van der Waals surface area contributed by atoms with Gasteiger partial charge in [-0.15, -0.1) is 0 Å². The molecule has 0 heterocycles. The van der Waals surface area contributed by atoms with Gasteiger partial charge in [0.2, 0.25) is 0 Å². The lowest BCUT2D eigenvalue weighted by Crippen LogP contribution is -2.33. The summed E-state index contributed by atoms with van der Waals surface area (Å²) >= 11 is 0. The van der Waals surface area contributed by atoms with Crippen molar-refractivity contribution in [3.8, 4) is 0 Å². The van der Waals surface area contributed by atoms with Crippen LogP contribution in [0, 0.1) is 0 Å². The summed E-state index contributed by atoms with van der Waals surface area (Å²) in [6.07, 6.45) is 0.418. The zero-order valence-electron chi connectivity index (χ0n) is 12.9. The van der Waals surface area contributed by atoms with E-state index in [9.17, 15) is 9.59 Å². The van der Waals surface area contributed by atoms with E-state index in [0.29, 0.717) is 0 Å². The molecule has 0 radical (unpaired) electrons. The Hall–Kier alpha value is -1.42. The van der Waals surface area contributed by atoms with Crippen molar-refractivity contribution in [3.63, 3.8) is 0 Å². The largest absolute Gasteiger partial charge is 0.466 e. The molecule has 0 rings (SSSR count). The normalized spacial score (nSPS) is 12.5. The van der Waals surface area contributed by atoms with Crippen molar-refractivity contribution in [3.05, 3.63) is 0 Å². The lowest BCUT2D eigenvalue weighted by atomic mass is 10.2. The van der Waals surface area contributed by atoms with E-state index >= 15 is 0 Å². The van der Waals surface area contributed by atoms with Crippen LogP contribution in [0.25, 0.3) is 0 Å². The van der Waals surface area contributed by atoms with Crippen LogP contribution in [0.3, 0.4) is 0 Å². The molecule has 24 heavy (non-hydrogen) atoms. The molecule has 0 saturated heterocycles. The molecule has 0 spiro atoms. The minimum Gasteiger partial charge on any atom is -0.466 e. The second-order valence-corrected chi connectivity index (χ2v) is 4.41. The van der Waals surface area contributed by atoms with Crippen LogP contribution < -0.4 is 5.73 Å². The Balaban J connectivity index is 3.62. The number of carbonyl (C=O) groups excluding carboxylic acids is 2. The van der Waals surface area contributed by atoms with Crippen LogP contribution >= 0.6 is 0 Å². The molecule has 0 aliphatic heterocycles. The van der Waals surface area contributed by atoms with Crippen molar-refractivity contribution in [2.75, 3.05) is 26.4 Å². The topological polar surface area (TPSA) is 184 Å².